The number of halogens is 2. The second-order valence-corrected chi connectivity index (χ2v) is 12.8. The minimum absolute atomic E-state index is 0.0854. The molecule has 238 valence electrons. The molecule has 1 N–H and O–H groups in total. The number of likely N-dealkylation sites (tertiary alicyclic amines) is 1. The highest BCUT2D eigenvalue weighted by atomic mass is 35.5. The Labute approximate surface area is 274 Å². The number of hydrogen-bond donors (Lipinski definition) is 1. The van der Waals surface area contributed by atoms with Crippen LogP contribution in [-0.4, -0.2) is 91.7 Å². The van der Waals surface area contributed by atoms with Crippen LogP contribution in [0.15, 0.2) is 31.0 Å². The van der Waals surface area contributed by atoms with Crippen LogP contribution in [0.3, 0.4) is 0 Å². The fraction of sp³-hybridized carbons (Fsp3) is 0.364. The van der Waals surface area contributed by atoms with Crippen molar-refractivity contribution in [1.82, 2.24) is 40.0 Å². The molecular formula is C33H31ClFN11O. The quantitative estimate of drug-likeness (QED) is 0.254. The monoisotopic (exact) mass is 651 g/mol. The molecule has 0 radical (unpaired) electrons. The van der Waals surface area contributed by atoms with Gasteiger partial charge in [-0.3, -0.25) is 9.89 Å². The number of likely N-dealkylation sites (N-methyl/N-ethyl adjacent to an activating group) is 1. The molecule has 2 aliphatic rings. The van der Waals surface area contributed by atoms with Gasteiger partial charge in [0.15, 0.2) is 17.2 Å². The van der Waals surface area contributed by atoms with Gasteiger partial charge >= 0.3 is 0 Å². The Morgan fingerprint density at radius 1 is 1.23 bits per heavy atom. The molecule has 0 saturated carbocycles. The second-order valence-electron chi connectivity index (χ2n) is 12.4. The van der Waals surface area contributed by atoms with E-state index in [9.17, 15) is 15.3 Å². The zero-order valence-electron chi connectivity index (χ0n) is 26.1. The van der Waals surface area contributed by atoms with Crippen LogP contribution in [0.1, 0.15) is 36.4 Å². The maximum Gasteiger partial charge on any atom is 0.246 e. The first kappa shape index (κ1) is 30.5. The van der Waals surface area contributed by atoms with E-state index in [0.29, 0.717) is 87.8 Å². The third kappa shape index (κ3) is 4.77. The van der Waals surface area contributed by atoms with Crippen molar-refractivity contribution in [2.24, 2.45) is 0 Å². The number of aromatic nitrogens is 6. The molecule has 0 aliphatic carbocycles. The number of nitrogens with zero attached hydrogens (tertiary/aromatic N) is 10. The zero-order valence-corrected chi connectivity index (χ0v) is 26.9. The molecule has 14 heteroatoms. The molecule has 2 atom stereocenters. The van der Waals surface area contributed by atoms with Gasteiger partial charge in [-0.15, -0.1) is 5.10 Å². The Bertz CT molecular complexity index is 2190. The van der Waals surface area contributed by atoms with E-state index < -0.39 is 5.82 Å². The van der Waals surface area contributed by atoms with E-state index in [2.05, 4.69) is 49.0 Å². The molecule has 5 heterocycles. The summed E-state index contributed by atoms with van der Waals surface area (Å²) < 4.78 is 19.0. The Balaban J connectivity index is 1.47. The van der Waals surface area contributed by atoms with E-state index in [1.54, 1.807) is 34.8 Å². The van der Waals surface area contributed by atoms with Crippen molar-refractivity contribution in [3.05, 3.63) is 53.0 Å². The van der Waals surface area contributed by atoms with Crippen molar-refractivity contribution in [1.29, 1.82) is 10.5 Å². The average molecular weight is 652 g/mol. The normalized spacial score (nSPS) is 18.6. The minimum Gasteiger partial charge on any atom is -0.351 e. The molecule has 2 fully saturated rings. The number of fused-ring (bicyclic) bond motifs is 4. The first-order valence-electron chi connectivity index (χ1n) is 15.3. The Kier molecular flexibility index (Phi) is 7.54. The molecule has 5 aromatic rings. The predicted molar refractivity (Wildman–Crippen MR) is 176 cm³/mol. The highest BCUT2D eigenvalue weighted by Gasteiger charge is 2.36. The van der Waals surface area contributed by atoms with Crippen molar-refractivity contribution >= 4 is 56.2 Å². The van der Waals surface area contributed by atoms with Gasteiger partial charge in [-0.2, -0.15) is 15.6 Å². The molecular weight excluding hydrogens is 621 g/mol. The Morgan fingerprint density at radius 2 is 2.02 bits per heavy atom. The lowest BCUT2D eigenvalue weighted by atomic mass is 9.91. The fourth-order valence-electron chi connectivity index (χ4n) is 6.99. The number of hydrogen-bond acceptors (Lipinski definition) is 9. The highest BCUT2D eigenvalue weighted by Crippen LogP contribution is 2.43. The molecule has 0 unspecified atom stereocenters. The number of anilines is 1. The van der Waals surface area contributed by atoms with Gasteiger partial charge in [-0.1, -0.05) is 23.4 Å². The van der Waals surface area contributed by atoms with Gasteiger partial charge in [0.1, 0.15) is 11.0 Å². The minimum atomic E-state index is -0.652. The van der Waals surface area contributed by atoms with Crippen LogP contribution in [0.4, 0.5) is 10.2 Å². The van der Waals surface area contributed by atoms with Crippen LogP contribution < -0.4 is 4.90 Å². The summed E-state index contributed by atoms with van der Waals surface area (Å²) in [6, 6.07) is 7.50. The molecule has 7 rings (SSSR count). The molecule has 0 spiro atoms. The number of H-pyrrole nitrogens is 1. The van der Waals surface area contributed by atoms with E-state index in [1.165, 1.54) is 6.08 Å². The number of benzene rings is 2. The Hall–Kier alpha value is -5.11. The van der Waals surface area contributed by atoms with Gasteiger partial charge in [0, 0.05) is 58.6 Å². The van der Waals surface area contributed by atoms with E-state index in [0.717, 1.165) is 0 Å². The largest absolute Gasteiger partial charge is 0.351 e. The van der Waals surface area contributed by atoms with E-state index >= 15 is 4.39 Å². The average Bonchev–Trinajstić information content (AvgIpc) is 3.69. The van der Waals surface area contributed by atoms with Crippen molar-refractivity contribution in [2.75, 3.05) is 38.6 Å². The third-order valence-electron chi connectivity index (χ3n) is 9.64. The maximum absolute atomic E-state index is 17.2. The maximum atomic E-state index is 17.2. The van der Waals surface area contributed by atoms with Crippen molar-refractivity contribution < 1.29 is 9.18 Å². The summed E-state index contributed by atoms with van der Waals surface area (Å²) in [6.45, 7) is 7.15. The summed E-state index contributed by atoms with van der Waals surface area (Å²) in [5.41, 5.74) is 3.06. The summed E-state index contributed by atoms with van der Waals surface area (Å²) in [5.74, 6) is -0.370. The van der Waals surface area contributed by atoms with Crippen molar-refractivity contribution in [3.63, 3.8) is 0 Å². The Morgan fingerprint density at radius 3 is 2.72 bits per heavy atom. The summed E-state index contributed by atoms with van der Waals surface area (Å²) in [4.78, 5) is 23.3. The first-order chi connectivity index (χ1) is 22.7. The first-order valence-corrected chi connectivity index (χ1v) is 15.7. The van der Waals surface area contributed by atoms with Gasteiger partial charge in [-0.25, -0.2) is 14.1 Å². The van der Waals surface area contributed by atoms with E-state index in [4.69, 9.17) is 16.6 Å². The third-order valence-corrected chi connectivity index (χ3v) is 10.0. The summed E-state index contributed by atoms with van der Waals surface area (Å²) in [5, 5.41) is 37.7. The molecule has 1 amide bonds. The topological polar surface area (TPSA) is 147 Å². The molecule has 2 aromatic carbocycles. The predicted octanol–water partition coefficient (Wildman–Crippen LogP) is 4.88. The van der Waals surface area contributed by atoms with Crippen molar-refractivity contribution in [2.45, 2.75) is 44.3 Å². The number of rotatable bonds is 6. The van der Waals surface area contributed by atoms with E-state index in [-0.39, 0.29) is 41.1 Å². The molecule has 2 saturated heterocycles. The number of pyridine rings is 1. The van der Waals surface area contributed by atoms with Crippen LogP contribution in [0.25, 0.3) is 44.0 Å². The van der Waals surface area contributed by atoms with Gasteiger partial charge in [0.25, 0.3) is 0 Å². The van der Waals surface area contributed by atoms with Gasteiger partial charge in [0.05, 0.1) is 41.9 Å². The number of piperidine rings is 1. The van der Waals surface area contributed by atoms with Crippen LogP contribution >= 0.6 is 11.6 Å². The lowest BCUT2D eigenvalue weighted by molar-refractivity contribution is -0.130. The summed E-state index contributed by atoms with van der Waals surface area (Å²) in [7, 11) is 4.03. The molecule has 3 aromatic heterocycles. The number of carbonyl (C=O) groups excluding carboxylic acids is 1. The standard InChI is InChI=1S/C33H31ClFN11O/c1-5-26(47)45-9-7-20(11-19(45)6-8-36)46-32-22-10-18(13-37)28(27-17(2)24(34)12-25-23(27)14-38-40-25)29(35)30(22)39-33(31(32)41-42-46)44-15-21(16-44)43(3)4/h5,10,12,14,19-21H,1,6-7,9,11,15-16H2,2-4H3,(H,38,40)/t19-,20+/m1/s1. The number of nitrogens with one attached hydrogen (secondary N) is 1. The van der Waals surface area contributed by atoms with Crippen molar-refractivity contribution in [3.8, 4) is 23.3 Å². The fourth-order valence-corrected chi connectivity index (χ4v) is 7.19. The zero-order chi connectivity index (χ0) is 33.1. The molecule has 12 nitrogen and oxygen atoms in total. The van der Waals surface area contributed by atoms with Crippen LogP contribution in [-0.2, 0) is 4.79 Å². The lowest BCUT2D eigenvalue weighted by Gasteiger charge is -2.43. The van der Waals surface area contributed by atoms with Gasteiger partial charge in [0.2, 0.25) is 5.91 Å². The van der Waals surface area contributed by atoms with Gasteiger partial charge in [-0.05, 0) is 57.6 Å². The number of aromatic amines is 1. The molecule has 0 bridgehead atoms. The van der Waals surface area contributed by atoms with Crippen LogP contribution in [0.2, 0.25) is 5.02 Å². The molecule has 2 aliphatic heterocycles. The SMILES string of the molecule is C=CC(=O)N1CC[C@H](n2nnc3c(N4CC(N(C)C)C4)nc4c(F)c(-c5c(C)c(Cl)cc6[nH]ncc56)c(C#N)cc4c32)C[C@H]1CC#N. The number of amides is 1. The number of carbonyl (C=O) groups is 1. The summed E-state index contributed by atoms with van der Waals surface area (Å²) >= 11 is 6.59. The lowest BCUT2D eigenvalue weighted by Crippen LogP contribution is -2.57. The summed E-state index contributed by atoms with van der Waals surface area (Å²) in [6.07, 6.45) is 3.99. The molecule has 47 heavy (non-hydrogen) atoms. The highest BCUT2D eigenvalue weighted by molar-refractivity contribution is 6.33. The smallest absolute Gasteiger partial charge is 0.246 e. The van der Waals surface area contributed by atoms with Crippen LogP contribution in [0, 0.1) is 35.4 Å². The second kappa shape index (κ2) is 11.6. The van der Waals surface area contributed by atoms with Crippen LogP contribution in [0.5, 0.6) is 0 Å². The van der Waals surface area contributed by atoms with E-state index in [1.807, 2.05) is 14.1 Å². The number of nitriles is 2. The van der Waals surface area contributed by atoms with Gasteiger partial charge < -0.3 is 14.7 Å².